The third-order valence-corrected chi connectivity index (χ3v) is 3.94. The van der Waals surface area contributed by atoms with Crippen LogP contribution < -0.4 is 15.0 Å². The van der Waals surface area contributed by atoms with E-state index in [1.54, 1.807) is 42.5 Å². The first-order valence-corrected chi connectivity index (χ1v) is 7.71. The number of nitrogens with one attached hydrogen (secondary N) is 1. The molecule has 0 aromatic heterocycles. The fourth-order valence-electron chi connectivity index (χ4n) is 2.33. The molecule has 0 bridgehead atoms. The van der Waals surface area contributed by atoms with Gasteiger partial charge >= 0.3 is 6.03 Å². The van der Waals surface area contributed by atoms with Crippen LogP contribution in [-0.4, -0.2) is 19.0 Å². The van der Waals surface area contributed by atoms with Crippen LogP contribution >= 0.6 is 23.2 Å². The van der Waals surface area contributed by atoms with Crippen molar-refractivity contribution in [1.29, 1.82) is 0 Å². The van der Waals surface area contributed by atoms with Crippen molar-refractivity contribution < 1.29 is 14.3 Å². The minimum Gasteiger partial charge on any atom is -0.496 e. The molecule has 0 atom stereocenters. The van der Waals surface area contributed by atoms with Crippen LogP contribution in [0.25, 0.3) is 6.08 Å². The molecule has 0 saturated carbocycles. The molecule has 1 heterocycles. The lowest BCUT2D eigenvalue weighted by Gasteiger charge is -2.11. The van der Waals surface area contributed by atoms with Crippen molar-refractivity contribution in [2.75, 3.05) is 12.0 Å². The van der Waals surface area contributed by atoms with Crippen molar-refractivity contribution in [2.45, 2.75) is 0 Å². The Balaban J connectivity index is 1.97. The van der Waals surface area contributed by atoms with Crippen LogP contribution in [0.2, 0.25) is 10.0 Å². The second-order valence-electron chi connectivity index (χ2n) is 4.99. The number of carbonyl (C=O) groups excluding carboxylic acids is 2. The number of carbonyl (C=O) groups is 2. The van der Waals surface area contributed by atoms with Gasteiger partial charge in [0.15, 0.2) is 0 Å². The zero-order chi connectivity index (χ0) is 17.3. The second kappa shape index (κ2) is 6.55. The van der Waals surface area contributed by atoms with E-state index in [0.29, 0.717) is 27.0 Å². The summed E-state index contributed by atoms with van der Waals surface area (Å²) in [5, 5.41) is 3.57. The van der Waals surface area contributed by atoms with Crippen molar-refractivity contribution in [3.63, 3.8) is 0 Å². The highest BCUT2D eigenvalue weighted by Crippen LogP contribution is 2.28. The minimum absolute atomic E-state index is 0.135. The molecule has 1 N–H and O–H groups in total. The summed E-state index contributed by atoms with van der Waals surface area (Å²) in [5.41, 5.74) is 1.16. The number of benzene rings is 2. The van der Waals surface area contributed by atoms with Gasteiger partial charge in [0, 0.05) is 15.6 Å². The van der Waals surface area contributed by atoms with E-state index in [2.05, 4.69) is 5.32 Å². The quantitative estimate of drug-likeness (QED) is 0.660. The number of halogens is 2. The fourth-order valence-corrected chi connectivity index (χ4v) is 2.64. The van der Waals surface area contributed by atoms with Crippen LogP contribution in [0, 0.1) is 0 Å². The number of anilines is 1. The molecule has 0 spiro atoms. The van der Waals surface area contributed by atoms with Crippen molar-refractivity contribution in [3.05, 3.63) is 63.8 Å². The maximum atomic E-state index is 12.6. The molecule has 0 radical (unpaired) electrons. The van der Waals surface area contributed by atoms with Crippen LogP contribution in [0.1, 0.15) is 5.56 Å². The number of hydrogen-bond acceptors (Lipinski definition) is 3. The molecule has 2 aromatic rings. The average molecular weight is 363 g/mol. The molecule has 5 nitrogen and oxygen atoms in total. The van der Waals surface area contributed by atoms with Gasteiger partial charge in [-0.15, -0.1) is 0 Å². The molecule has 122 valence electrons. The highest BCUT2D eigenvalue weighted by Gasteiger charge is 2.34. The Hall–Kier alpha value is -2.50. The Morgan fingerprint density at radius 3 is 2.38 bits per heavy atom. The van der Waals surface area contributed by atoms with Gasteiger partial charge in [-0.3, -0.25) is 4.79 Å². The van der Waals surface area contributed by atoms with Gasteiger partial charge < -0.3 is 10.1 Å². The van der Waals surface area contributed by atoms with Gasteiger partial charge in [0.25, 0.3) is 5.91 Å². The molecule has 24 heavy (non-hydrogen) atoms. The topological polar surface area (TPSA) is 58.6 Å². The lowest BCUT2D eigenvalue weighted by Crippen LogP contribution is -2.30. The van der Waals surface area contributed by atoms with E-state index < -0.39 is 11.9 Å². The molecule has 2 aromatic carbocycles. The lowest BCUT2D eigenvalue weighted by atomic mass is 10.1. The number of rotatable bonds is 3. The van der Waals surface area contributed by atoms with Gasteiger partial charge in [0.2, 0.25) is 0 Å². The summed E-state index contributed by atoms with van der Waals surface area (Å²) in [4.78, 5) is 25.8. The third-order valence-electron chi connectivity index (χ3n) is 3.45. The molecule has 0 unspecified atom stereocenters. The first-order chi connectivity index (χ1) is 11.5. The predicted molar refractivity (Wildman–Crippen MR) is 93.5 cm³/mol. The van der Waals surface area contributed by atoms with Crippen LogP contribution in [0.4, 0.5) is 10.5 Å². The summed E-state index contributed by atoms with van der Waals surface area (Å²) >= 11 is 11.8. The molecule has 0 aliphatic carbocycles. The average Bonchev–Trinajstić information content (AvgIpc) is 2.83. The standard InChI is InChI=1S/C17H12Cl2N2O3/c1-24-15-7-4-12(19)8-10(15)9-14-16(22)21(17(23)20-14)13-5-2-11(18)3-6-13/h2-9H,1H3,(H,20,23)/b14-9+. The van der Waals surface area contributed by atoms with E-state index in [1.165, 1.54) is 13.2 Å². The van der Waals surface area contributed by atoms with Crippen LogP contribution in [0.3, 0.4) is 0 Å². The van der Waals surface area contributed by atoms with Gasteiger partial charge in [-0.2, -0.15) is 0 Å². The van der Waals surface area contributed by atoms with Crippen molar-refractivity contribution >= 4 is 46.9 Å². The molecule has 1 aliphatic heterocycles. The maximum absolute atomic E-state index is 12.6. The van der Waals surface area contributed by atoms with Gasteiger partial charge in [-0.1, -0.05) is 23.2 Å². The van der Waals surface area contributed by atoms with Crippen LogP contribution in [-0.2, 0) is 4.79 Å². The molecule has 1 saturated heterocycles. The number of hydrogen-bond donors (Lipinski definition) is 1. The summed E-state index contributed by atoms with van der Waals surface area (Å²) < 4.78 is 5.24. The SMILES string of the molecule is COc1ccc(Cl)cc1/C=C1/NC(=O)N(c2ccc(Cl)cc2)C1=O. The smallest absolute Gasteiger partial charge is 0.333 e. The van der Waals surface area contributed by atoms with Gasteiger partial charge in [-0.05, 0) is 48.5 Å². The maximum Gasteiger partial charge on any atom is 0.333 e. The third kappa shape index (κ3) is 3.09. The second-order valence-corrected chi connectivity index (χ2v) is 5.86. The normalized spacial score (nSPS) is 15.8. The molecule has 7 heteroatoms. The van der Waals surface area contributed by atoms with Crippen LogP contribution in [0.5, 0.6) is 5.75 Å². The molecule has 1 aliphatic rings. The Morgan fingerprint density at radius 1 is 1.04 bits per heavy atom. The number of nitrogens with zero attached hydrogens (tertiary/aromatic N) is 1. The van der Waals surface area contributed by atoms with Crippen molar-refractivity contribution in [1.82, 2.24) is 5.32 Å². The molecular weight excluding hydrogens is 351 g/mol. The number of urea groups is 1. The van der Waals surface area contributed by atoms with Gasteiger partial charge in [0.1, 0.15) is 11.4 Å². The number of amides is 3. The summed E-state index contributed by atoms with van der Waals surface area (Å²) in [6.07, 6.45) is 1.53. The summed E-state index contributed by atoms with van der Waals surface area (Å²) in [6.45, 7) is 0. The van der Waals surface area contributed by atoms with Gasteiger partial charge in [-0.25, -0.2) is 9.69 Å². The molecule has 1 fully saturated rings. The Morgan fingerprint density at radius 2 is 1.71 bits per heavy atom. The van der Waals surface area contributed by atoms with E-state index in [4.69, 9.17) is 27.9 Å². The van der Waals surface area contributed by atoms with E-state index in [9.17, 15) is 9.59 Å². The van der Waals surface area contributed by atoms with E-state index >= 15 is 0 Å². The summed E-state index contributed by atoms with van der Waals surface area (Å²) in [7, 11) is 1.51. The monoisotopic (exact) mass is 362 g/mol. The largest absolute Gasteiger partial charge is 0.496 e. The molecule has 3 amide bonds. The minimum atomic E-state index is -0.533. The van der Waals surface area contributed by atoms with Crippen LogP contribution in [0.15, 0.2) is 48.2 Å². The predicted octanol–water partition coefficient (Wildman–Crippen LogP) is 4.10. The van der Waals surface area contributed by atoms with Crippen molar-refractivity contribution in [3.8, 4) is 5.75 Å². The first-order valence-electron chi connectivity index (χ1n) is 6.96. The van der Waals surface area contributed by atoms with Gasteiger partial charge in [0.05, 0.1) is 12.8 Å². The molecule has 3 rings (SSSR count). The number of ether oxygens (including phenoxy) is 1. The Bertz CT molecular complexity index is 847. The summed E-state index contributed by atoms with van der Waals surface area (Å²) in [5.74, 6) is 0.0724. The zero-order valence-electron chi connectivity index (χ0n) is 12.5. The number of methoxy groups -OCH3 is 1. The lowest BCUT2D eigenvalue weighted by molar-refractivity contribution is -0.113. The van der Waals surface area contributed by atoms with Crippen molar-refractivity contribution in [2.24, 2.45) is 0 Å². The Labute approximate surface area is 148 Å². The van der Waals surface area contributed by atoms with E-state index in [0.717, 1.165) is 4.90 Å². The van der Waals surface area contributed by atoms with E-state index in [1.807, 2.05) is 0 Å². The fraction of sp³-hybridized carbons (Fsp3) is 0.0588. The highest BCUT2D eigenvalue weighted by atomic mass is 35.5. The Kier molecular flexibility index (Phi) is 4.46. The summed E-state index contributed by atoms with van der Waals surface area (Å²) in [6, 6.07) is 10.9. The van der Waals surface area contributed by atoms with E-state index in [-0.39, 0.29) is 5.70 Å². The zero-order valence-corrected chi connectivity index (χ0v) is 14.1. The number of imide groups is 1. The first kappa shape index (κ1) is 16.4. The highest BCUT2D eigenvalue weighted by molar-refractivity contribution is 6.32. The molecular formula is C17H12Cl2N2O3.